The predicted molar refractivity (Wildman–Crippen MR) is 149 cm³/mol. The molecule has 1 aliphatic heterocycles. The summed E-state index contributed by atoms with van der Waals surface area (Å²) in [6, 6.07) is 10.4. The molecule has 2 aromatic heterocycles. The fourth-order valence-corrected chi connectivity index (χ4v) is 8.03. The highest BCUT2D eigenvalue weighted by Gasteiger charge is 2.34. The lowest BCUT2D eigenvalue weighted by Crippen LogP contribution is -2.41. The van der Waals surface area contributed by atoms with Gasteiger partial charge in [-0.3, -0.25) is 13.7 Å². The summed E-state index contributed by atoms with van der Waals surface area (Å²) in [4.78, 5) is 13.7. The highest BCUT2D eigenvalue weighted by atomic mass is 35.5. The van der Waals surface area contributed by atoms with Crippen molar-refractivity contribution in [3.8, 4) is 5.82 Å². The van der Waals surface area contributed by atoms with Crippen LogP contribution in [-0.4, -0.2) is 75.2 Å². The first kappa shape index (κ1) is 26.8. The SMILES string of the molecule is O=C(O)CN(c1ccc2c(ccn2-c2ccc(N3CC[S+]([O-])CC3)nn2)c1)S(=O)(=O)C1C=C(Cl)C=C(Cl)C1. The summed E-state index contributed by atoms with van der Waals surface area (Å²) < 4.78 is 41.3. The molecule has 1 aromatic carbocycles. The molecule has 3 heterocycles. The van der Waals surface area contributed by atoms with E-state index in [9.17, 15) is 22.9 Å². The zero-order chi connectivity index (χ0) is 27.0. The molecule has 10 nitrogen and oxygen atoms in total. The minimum absolute atomic E-state index is 0.00119. The molecule has 5 rings (SSSR count). The number of hydrogen-bond acceptors (Lipinski definition) is 7. The zero-order valence-electron chi connectivity index (χ0n) is 19.9. The van der Waals surface area contributed by atoms with E-state index in [-0.39, 0.29) is 22.2 Å². The summed E-state index contributed by atoms with van der Waals surface area (Å²) in [7, 11) is -4.16. The van der Waals surface area contributed by atoms with E-state index in [2.05, 4.69) is 10.2 Å². The Hall–Kier alpha value is -2.77. The number of fused-ring (bicyclic) bond motifs is 1. The Morgan fingerprint density at radius 3 is 2.50 bits per heavy atom. The molecule has 1 fully saturated rings. The number of aromatic nitrogens is 3. The van der Waals surface area contributed by atoms with Crippen LogP contribution in [0.4, 0.5) is 11.5 Å². The molecule has 0 saturated carbocycles. The monoisotopic (exact) mass is 595 g/mol. The van der Waals surface area contributed by atoms with Crippen LogP contribution in [0.15, 0.2) is 64.8 Å². The van der Waals surface area contributed by atoms with E-state index in [1.807, 2.05) is 21.6 Å². The molecule has 1 saturated heterocycles. The summed E-state index contributed by atoms with van der Waals surface area (Å²) in [6.45, 7) is 0.572. The van der Waals surface area contributed by atoms with Gasteiger partial charge in [-0.15, -0.1) is 10.2 Å². The van der Waals surface area contributed by atoms with E-state index in [0.29, 0.717) is 41.6 Å². The van der Waals surface area contributed by atoms with Gasteiger partial charge in [0.15, 0.2) is 11.6 Å². The number of carboxylic acids is 1. The number of hydrogen-bond donors (Lipinski definition) is 1. The molecule has 14 heteroatoms. The minimum atomic E-state index is -4.16. The summed E-state index contributed by atoms with van der Waals surface area (Å²) >= 11 is 11.3. The number of sulfonamides is 1. The molecule has 0 bridgehead atoms. The van der Waals surface area contributed by atoms with Gasteiger partial charge in [0.05, 0.1) is 24.3 Å². The summed E-state index contributed by atoms with van der Waals surface area (Å²) in [5.41, 5.74) is 0.945. The van der Waals surface area contributed by atoms with Crippen molar-refractivity contribution in [2.45, 2.75) is 11.7 Å². The zero-order valence-corrected chi connectivity index (χ0v) is 23.0. The van der Waals surface area contributed by atoms with Crippen molar-refractivity contribution in [3.05, 3.63) is 64.8 Å². The van der Waals surface area contributed by atoms with Crippen LogP contribution in [0.25, 0.3) is 16.7 Å². The van der Waals surface area contributed by atoms with Crippen molar-refractivity contribution in [2.75, 3.05) is 40.3 Å². The lowest BCUT2D eigenvalue weighted by atomic mass is 10.2. The van der Waals surface area contributed by atoms with Crippen LogP contribution < -0.4 is 9.21 Å². The lowest BCUT2D eigenvalue weighted by Gasteiger charge is -2.28. The van der Waals surface area contributed by atoms with Gasteiger partial charge >= 0.3 is 5.97 Å². The number of carboxylic acid groups (broad SMARTS) is 1. The number of aliphatic carboxylic acids is 1. The van der Waals surface area contributed by atoms with E-state index in [4.69, 9.17) is 23.2 Å². The molecule has 3 aromatic rings. The third kappa shape index (κ3) is 5.50. The second-order valence-corrected chi connectivity index (χ2v) is 13.5. The number of anilines is 2. The maximum absolute atomic E-state index is 13.5. The van der Waals surface area contributed by atoms with Crippen LogP contribution in [0, 0.1) is 0 Å². The molecular weight excluding hydrogens is 573 g/mol. The molecule has 0 amide bonds. The largest absolute Gasteiger partial charge is 0.616 e. The number of halogens is 2. The molecule has 38 heavy (non-hydrogen) atoms. The maximum atomic E-state index is 13.5. The van der Waals surface area contributed by atoms with Gasteiger partial charge in [0.1, 0.15) is 23.3 Å². The Kier molecular flexibility index (Phi) is 7.60. The smallest absolute Gasteiger partial charge is 0.324 e. The quantitative estimate of drug-likeness (QED) is 0.412. The number of carbonyl (C=O) groups is 1. The van der Waals surface area contributed by atoms with Gasteiger partial charge in [-0.2, -0.15) is 0 Å². The van der Waals surface area contributed by atoms with Crippen molar-refractivity contribution in [3.63, 3.8) is 0 Å². The second-order valence-electron chi connectivity index (χ2n) is 8.84. The number of rotatable bonds is 7. The lowest BCUT2D eigenvalue weighted by molar-refractivity contribution is -0.135. The van der Waals surface area contributed by atoms with Crippen molar-refractivity contribution < 1.29 is 22.9 Å². The van der Waals surface area contributed by atoms with E-state index in [1.165, 1.54) is 12.2 Å². The van der Waals surface area contributed by atoms with Gasteiger partial charge in [-0.25, -0.2) is 8.42 Å². The van der Waals surface area contributed by atoms with Crippen LogP contribution in [0.2, 0.25) is 0 Å². The average molecular weight is 597 g/mol. The number of benzene rings is 1. The van der Waals surface area contributed by atoms with Crippen LogP contribution in [0.1, 0.15) is 6.42 Å². The molecule has 0 spiro atoms. The van der Waals surface area contributed by atoms with Gasteiger partial charge < -0.3 is 14.6 Å². The van der Waals surface area contributed by atoms with Gasteiger partial charge in [0.2, 0.25) is 10.0 Å². The Balaban J connectivity index is 1.44. The molecular formula is C24H23Cl2N5O5S2. The Morgan fingerprint density at radius 2 is 1.84 bits per heavy atom. The van der Waals surface area contributed by atoms with Crippen LogP contribution in [-0.2, 0) is 26.0 Å². The third-order valence-corrected chi connectivity index (χ3v) is 10.1. The first-order valence-electron chi connectivity index (χ1n) is 11.6. The topological polar surface area (TPSA) is 132 Å². The average Bonchev–Trinajstić information content (AvgIpc) is 3.30. The van der Waals surface area contributed by atoms with E-state index < -0.39 is 39.0 Å². The maximum Gasteiger partial charge on any atom is 0.324 e. The first-order chi connectivity index (χ1) is 18.1. The van der Waals surface area contributed by atoms with Crippen molar-refractivity contribution >= 4 is 72.8 Å². The van der Waals surface area contributed by atoms with Gasteiger partial charge in [-0.1, -0.05) is 34.4 Å². The van der Waals surface area contributed by atoms with E-state index in [1.54, 1.807) is 30.5 Å². The fourth-order valence-electron chi connectivity index (χ4n) is 4.46. The molecule has 1 unspecified atom stereocenters. The van der Waals surface area contributed by atoms with Crippen molar-refractivity contribution in [2.24, 2.45) is 0 Å². The van der Waals surface area contributed by atoms with Crippen LogP contribution in [0.5, 0.6) is 0 Å². The first-order valence-corrected chi connectivity index (χ1v) is 15.4. The number of nitrogens with zero attached hydrogens (tertiary/aromatic N) is 5. The fraction of sp³-hybridized carbons (Fsp3) is 0.292. The minimum Gasteiger partial charge on any atom is -0.616 e. The highest BCUT2D eigenvalue weighted by molar-refractivity contribution is 7.93. The Bertz CT molecular complexity index is 1530. The van der Waals surface area contributed by atoms with Crippen molar-refractivity contribution in [1.82, 2.24) is 14.8 Å². The highest BCUT2D eigenvalue weighted by Crippen LogP contribution is 2.33. The summed E-state index contributed by atoms with van der Waals surface area (Å²) in [5.74, 6) is 1.20. The summed E-state index contributed by atoms with van der Waals surface area (Å²) in [6.07, 6.45) is 4.61. The molecule has 1 atom stereocenters. The van der Waals surface area contributed by atoms with Gasteiger partial charge in [-0.05, 0) is 48.6 Å². The molecule has 2 aliphatic rings. The molecule has 1 N–H and O–H groups in total. The third-order valence-electron chi connectivity index (χ3n) is 6.35. The van der Waals surface area contributed by atoms with Crippen LogP contribution >= 0.6 is 23.2 Å². The molecule has 0 radical (unpaired) electrons. The second kappa shape index (κ2) is 10.8. The summed E-state index contributed by atoms with van der Waals surface area (Å²) in [5, 5.41) is 18.2. The van der Waals surface area contributed by atoms with Crippen molar-refractivity contribution in [1.29, 1.82) is 0 Å². The van der Waals surface area contributed by atoms with Crippen LogP contribution in [0.3, 0.4) is 0 Å². The number of allylic oxidation sites excluding steroid dienone is 3. The van der Waals surface area contributed by atoms with Gasteiger partial charge in [0, 0.05) is 28.1 Å². The molecule has 1 aliphatic carbocycles. The molecule has 200 valence electrons. The van der Waals surface area contributed by atoms with Gasteiger partial charge in [0.25, 0.3) is 0 Å². The normalized spacial score (nSPS) is 18.8. The standard InChI is InChI=1S/C24H23Cl2N5O5S2/c25-17-12-18(26)14-20(13-17)38(35,36)31(15-24(32)33)19-1-2-21-16(11-19)5-6-30(21)23-4-3-22(27-28-23)29-7-9-37(34)10-8-29/h1-6,11-13,20H,7-10,14-15H2,(H,32,33). The predicted octanol–water partition coefficient (Wildman–Crippen LogP) is 3.23. The van der Waals surface area contributed by atoms with E-state index in [0.717, 1.165) is 9.82 Å². The van der Waals surface area contributed by atoms with E-state index >= 15 is 0 Å². The Labute approximate surface area is 232 Å². The Morgan fingerprint density at radius 1 is 1.13 bits per heavy atom.